The molecule has 0 bridgehead atoms. The fraction of sp³-hybridized carbons (Fsp3) is 0.579. The summed E-state index contributed by atoms with van der Waals surface area (Å²) in [6.45, 7) is 9.82. The van der Waals surface area contributed by atoms with Gasteiger partial charge in [-0.3, -0.25) is 4.79 Å². The fourth-order valence-electron chi connectivity index (χ4n) is 2.02. The van der Waals surface area contributed by atoms with E-state index < -0.39 is 0 Å². The zero-order valence-corrected chi connectivity index (χ0v) is 14.9. The molecule has 0 spiro atoms. The van der Waals surface area contributed by atoms with Crippen molar-refractivity contribution in [2.75, 3.05) is 7.05 Å². The van der Waals surface area contributed by atoms with Gasteiger partial charge in [-0.05, 0) is 31.7 Å². The van der Waals surface area contributed by atoms with Crippen molar-refractivity contribution in [3.63, 3.8) is 0 Å². The van der Waals surface area contributed by atoms with Gasteiger partial charge in [0.2, 0.25) is 5.91 Å². The number of ketones is 1. The third-order valence-electron chi connectivity index (χ3n) is 3.44. The van der Waals surface area contributed by atoms with E-state index in [-0.39, 0.29) is 17.7 Å². The Bertz CT molecular complexity index is 440. The smallest absolute Gasteiger partial charge is 0.223 e. The van der Waals surface area contributed by atoms with E-state index in [2.05, 4.69) is 32.9 Å². The van der Waals surface area contributed by atoms with E-state index in [1.807, 2.05) is 37.1 Å². The monoisotopic (exact) mass is 305 g/mol. The Balaban J connectivity index is 0.000000626. The predicted molar refractivity (Wildman–Crippen MR) is 92.7 cm³/mol. The molecule has 1 rings (SSSR count). The van der Waals surface area contributed by atoms with Gasteiger partial charge in [0, 0.05) is 19.9 Å². The van der Waals surface area contributed by atoms with Crippen LogP contribution in [-0.4, -0.2) is 23.6 Å². The molecule has 0 N–H and O–H groups in total. The van der Waals surface area contributed by atoms with Crippen molar-refractivity contribution in [3.05, 3.63) is 35.9 Å². The molecule has 1 aromatic carbocycles. The second kappa shape index (κ2) is 11.0. The number of nitrogens with zero attached hydrogens (tertiary/aromatic N) is 1. The topological polar surface area (TPSA) is 37.4 Å². The zero-order valence-electron chi connectivity index (χ0n) is 14.9. The number of carbonyl (C=O) groups excluding carboxylic acids is 2. The molecular formula is C19H31NO2. The van der Waals surface area contributed by atoms with Crippen LogP contribution in [0.4, 0.5) is 0 Å². The summed E-state index contributed by atoms with van der Waals surface area (Å²) >= 11 is 0. The Morgan fingerprint density at radius 2 is 1.64 bits per heavy atom. The first-order valence-electron chi connectivity index (χ1n) is 8.09. The molecule has 1 aromatic rings. The fourth-order valence-corrected chi connectivity index (χ4v) is 2.02. The van der Waals surface area contributed by atoms with E-state index in [0.717, 1.165) is 12.8 Å². The maximum Gasteiger partial charge on any atom is 0.223 e. The van der Waals surface area contributed by atoms with Gasteiger partial charge in [-0.15, -0.1) is 0 Å². The Morgan fingerprint density at radius 3 is 2.00 bits per heavy atom. The highest BCUT2D eigenvalue weighted by Crippen LogP contribution is 2.19. The first-order valence-corrected chi connectivity index (χ1v) is 8.09. The van der Waals surface area contributed by atoms with Crippen molar-refractivity contribution in [1.29, 1.82) is 0 Å². The van der Waals surface area contributed by atoms with Gasteiger partial charge in [0.25, 0.3) is 0 Å². The van der Waals surface area contributed by atoms with Crippen LogP contribution in [0.15, 0.2) is 30.3 Å². The summed E-state index contributed by atoms with van der Waals surface area (Å²) in [5, 5.41) is 0. The van der Waals surface area contributed by atoms with Gasteiger partial charge in [-0.1, -0.05) is 51.1 Å². The maximum atomic E-state index is 11.9. The van der Waals surface area contributed by atoms with E-state index in [4.69, 9.17) is 0 Å². The zero-order chi connectivity index (χ0) is 17.1. The van der Waals surface area contributed by atoms with Crippen molar-refractivity contribution in [1.82, 2.24) is 4.90 Å². The van der Waals surface area contributed by atoms with Crippen LogP contribution in [0.1, 0.15) is 65.5 Å². The molecule has 0 saturated heterocycles. The average Bonchev–Trinajstić information content (AvgIpc) is 2.46. The molecule has 3 heteroatoms. The molecule has 1 unspecified atom stereocenters. The normalized spacial score (nSPS) is 11.4. The third kappa shape index (κ3) is 8.60. The number of benzene rings is 1. The van der Waals surface area contributed by atoms with Crippen molar-refractivity contribution >= 4 is 11.7 Å². The Labute approximate surface area is 135 Å². The van der Waals surface area contributed by atoms with E-state index in [0.29, 0.717) is 12.3 Å². The maximum absolute atomic E-state index is 11.9. The lowest BCUT2D eigenvalue weighted by molar-refractivity contribution is -0.132. The number of hydrogen-bond donors (Lipinski definition) is 0. The lowest BCUT2D eigenvalue weighted by Gasteiger charge is -2.26. The molecule has 0 radical (unpaired) electrons. The van der Waals surface area contributed by atoms with Gasteiger partial charge in [-0.2, -0.15) is 0 Å². The number of Topliss-reactive ketones (excluding diaryl/α,β-unsaturated/α-hetero) is 1. The Kier molecular flexibility index (Phi) is 10.2. The molecule has 0 aliphatic carbocycles. The van der Waals surface area contributed by atoms with Crippen LogP contribution in [-0.2, 0) is 9.59 Å². The van der Waals surface area contributed by atoms with Crippen LogP contribution in [0.25, 0.3) is 0 Å². The third-order valence-corrected chi connectivity index (χ3v) is 3.44. The molecule has 0 aromatic heterocycles. The summed E-state index contributed by atoms with van der Waals surface area (Å²) in [4.78, 5) is 23.8. The largest absolute Gasteiger partial charge is 0.339 e. The quantitative estimate of drug-likeness (QED) is 0.768. The van der Waals surface area contributed by atoms with Gasteiger partial charge >= 0.3 is 0 Å². The molecule has 3 nitrogen and oxygen atoms in total. The number of amides is 1. The van der Waals surface area contributed by atoms with Gasteiger partial charge < -0.3 is 9.69 Å². The summed E-state index contributed by atoms with van der Waals surface area (Å²) < 4.78 is 0. The van der Waals surface area contributed by atoms with Crippen LogP contribution in [0.2, 0.25) is 0 Å². The Hall–Kier alpha value is -1.64. The molecule has 0 fully saturated rings. The predicted octanol–water partition coefficient (Wildman–Crippen LogP) is 4.63. The lowest BCUT2D eigenvalue weighted by atomic mass is 10.1. The van der Waals surface area contributed by atoms with Crippen molar-refractivity contribution in [3.8, 4) is 0 Å². The minimum Gasteiger partial charge on any atom is -0.339 e. The van der Waals surface area contributed by atoms with Crippen LogP contribution in [0, 0.1) is 5.92 Å². The highest BCUT2D eigenvalue weighted by molar-refractivity contribution is 5.76. The van der Waals surface area contributed by atoms with Gasteiger partial charge in [-0.25, -0.2) is 0 Å². The molecule has 1 atom stereocenters. The number of hydrogen-bond acceptors (Lipinski definition) is 2. The Morgan fingerprint density at radius 1 is 1.09 bits per heavy atom. The van der Waals surface area contributed by atoms with E-state index in [1.54, 1.807) is 6.92 Å². The van der Waals surface area contributed by atoms with Crippen LogP contribution >= 0.6 is 0 Å². The summed E-state index contributed by atoms with van der Waals surface area (Å²) in [6, 6.07) is 10.3. The first kappa shape index (κ1) is 20.4. The molecule has 0 heterocycles. The van der Waals surface area contributed by atoms with Crippen LogP contribution < -0.4 is 0 Å². The first-order chi connectivity index (χ1) is 10.3. The van der Waals surface area contributed by atoms with Gasteiger partial charge in [0.05, 0.1) is 6.04 Å². The summed E-state index contributed by atoms with van der Waals surface area (Å²) in [5.74, 6) is 0.918. The number of carbonyl (C=O) groups is 2. The molecule has 1 amide bonds. The summed E-state index contributed by atoms with van der Waals surface area (Å²) in [6.07, 6.45) is 2.34. The molecule has 0 saturated carbocycles. The standard InChI is InChI=1S/C14H21NO.C5H10O/c1-11(2)10-14(16)15(4)12(3)13-8-6-5-7-9-13;1-3-4-5(2)6/h5-9,11-12H,10H2,1-4H3;3-4H2,1-2H3. The molecular weight excluding hydrogens is 274 g/mol. The van der Waals surface area contributed by atoms with Crippen molar-refractivity contribution in [2.45, 2.75) is 59.9 Å². The summed E-state index contributed by atoms with van der Waals surface area (Å²) in [7, 11) is 1.88. The molecule has 0 aliphatic heterocycles. The molecule has 22 heavy (non-hydrogen) atoms. The highest BCUT2D eigenvalue weighted by atomic mass is 16.2. The van der Waals surface area contributed by atoms with Crippen molar-refractivity contribution in [2.24, 2.45) is 5.92 Å². The second-order valence-corrected chi connectivity index (χ2v) is 6.14. The average molecular weight is 305 g/mol. The minimum atomic E-state index is 0.146. The number of rotatable bonds is 6. The second-order valence-electron chi connectivity index (χ2n) is 6.14. The summed E-state index contributed by atoms with van der Waals surface area (Å²) in [5.41, 5.74) is 1.18. The van der Waals surface area contributed by atoms with Crippen molar-refractivity contribution < 1.29 is 9.59 Å². The van der Waals surface area contributed by atoms with E-state index in [9.17, 15) is 9.59 Å². The van der Waals surface area contributed by atoms with Crippen LogP contribution in [0.3, 0.4) is 0 Å². The van der Waals surface area contributed by atoms with Gasteiger partial charge in [0.1, 0.15) is 5.78 Å². The molecule has 124 valence electrons. The minimum absolute atomic E-state index is 0.146. The van der Waals surface area contributed by atoms with E-state index in [1.165, 1.54) is 5.56 Å². The highest BCUT2D eigenvalue weighted by Gasteiger charge is 2.17. The lowest BCUT2D eigenvalue weighted by Crippen LogP contribution is -2.30. The molecule has 0 aliphatic rings. The van der Waals surface area contributed by atoms with Crippen LogP contribution in [0.5, 0.6) is 0 Å². The van der Waals surface area contributed by atoms with E-state index >= 15 is 0 Å². The van der Waals surface area contributed by atoms with Gasteiger partial charge in [0.15, 0.2) is 0 Å². The SMILES string of the molecule is CC(C)CC(=O)N(C)C(C)c1ccccc1.CCCC(C)=O.